The summed E-state index contributed by atoms with van der Waals surface area (Å²) in [7, 11) is 1.85. The van der Waals surface area contributed by atoms with Crippen LogP contribution in [0.5, 0.6) is 0 Å². The van der Waals surface area contributed by atoms with Crippen LogP contribution < -0.4 is 5.32 Å². The van der Waals surface area contributed by atoms with E-state index in [0.717, 1.165) is 17.1 Å². The smallest absolute Gasteiger partial charge is 0.238 e. The first-order valence-corrected chi connectivity index (χ1v) is 6.75. The van der Waals surface area contributed by atoms with Gasteiger partial charge in [-0.05, 0) is 13.8 Å². The Balaban J connectivity index is 1.98. The summed E-state index contributed by atoms with van der Waals surface area (Å²) < 4.78 is 7.04. The number of aliphatic hydroxyl groups excluding tert-OH is 1. The molecule has 2 heterocycles. The second-order valence-corrected chi connectivity index (χ2v) is 5.10. The molecule has 20 heavy (non-hydrogen) atoms. The molecule has 0 spiro atoms. The Labute approximate surface area is 118 Å². The molecule has 1 aromatic rings. The number of aromatic nitrogens is 2. The topological polar surface area (TPSA) is 79.6 Å². The zero-order valence-corrected chi connectivity index (χ0v) is 12.2. The summed E-state index contributed by atoms with van der Waals surface area (Å²) in [4.78, 5) is 14.1. The minimum Gasteiger partial charge on any atom is -0.395 e. The number of aliphatic hydroxyl groups is 1. The number of nitrogens with one attached hydrogen (secondary N) is 1. The molecule has 2 rings (SSSR count). The van der Waals surface area contributed by atoms with Gasteiger partial charge in [-0.25, -0.2) is 0 Å². The highest BCUT2D eigenvalue weighted by Gasteiger charge is 2.24. The summed E-state index contributed by atoms with van der Waals surface area (Å²) in [6.07, 6.45) is 0. The molecule has 1 atom stereocenters. The normalized spacial score (nSPS) is 20.1. The number of hydrogen-bond acceptors (Lipinski definition) is 5. The Morgan fingerprint density at radius 2 is 2.30 bits per heavy atom. The standard InChI is InChI=1S/C13H22N4O3/c1-9-13(10(2)16(3)15-9)14-12(19)6-17-4-5-20-8-11(17)7-18/h11,18H,4-8H2,1-3H3,(H,14,19). The maximum absolute atomic E-state index is 12.1. The molecule has 0 saturated carbocycles. The van der Waals surface area contributed by atoms with Crippen molar-refractivity contribution in [2.24, 2.45) is 7.05 Å². The van der Waals surface area contributed by atoms with Gasteiger partial charge in [0.15, 0.2) is 0 Å². The quantitative estimate of drug-likeness (QED) is 0.790. The van der Waals surface area contributed by atoms with Crippen LogP contribution in [0.3, 0.4) is 0 Å². The van der Waals surface area contributed by atoms with Gasteiger partial charge in [0, 0.05) is 13.6 Å². The van der Waals surface area contributed by atoms with E-state index in [1.165, 1.54) is 0 Å². The maximum Gasteiger partial charge on any atom is 0.238 e. The van der Waals surface area contributed by atoms with E-state index in [1.54, 1.807) is 4.68 Å². The fourth-order valence-corrected chi connectivity index (χ4v) is 2.38. The molecule has 1 saturated heterocycles. The third-order valence-electron chi connectivity index (χ3n) is 3.68. The van der Waals surface area contributed by atoms with Gasteiger partial charge in [-0.1, -0.05) is 0 Å². The number of rotatable bonds is 4. The Morgan fingerprint density at radius 1 is 1.55 bits per heavy atom. The highest BCUT2D eigenvalue weighted by Crippen LogP contribution is 2.18. The number of carbonyl (C=O) groups excluding carboxylic acids is 1. The molecule has 1 fully saturated rings. The predicted molar refractivity (Wildman–Crippen MR) is 74.6 cm³/mol. The minimum atomic E-state index is -0.106. The van der Waals surface area contributed by atoms with Gasteiger partial charge in [-0.3, -0.25) is 14.4 Å². The van der Waals surface area contributed by atoms with Crippen molar-refractivity contribution in [3.05, 3.63) is 11.4 Å². The number of carbonyl (C=O) groups is 1. The van der Waals surface area contributed by atoms with Gasteiger partial charge in [-0.2, -0.15) is 5.10 Å². The first-order valence-electron chi connectivity index (χ1n) is 6.75. The van der Waals surface area contributed by atoms with Gasteiger partial charge in [0.1, 0.15) is 0 Å². The second kappa shape index (κ2) is 6.34. The van der Waals surface area contributed by atoms with Crippen LogP contribution in [0, 0.1) is 13.8 Å². The van der Waals surface area contributed by atoms with Crippen LogP contribution >= 0.6 is 0 Å². The first-order chi connectivity index (χ1) is 9.52. The Bertz CT molecular complexity index is 486. The van der Waals surface area contributed by atoms with E-state index in [-0.39, 0.29) is 25.1 Å². The largest absolute Gasteiger partial charge is 0.395 e. The average Bonchev–Trinajstić information content (AvgIpc) is 2.66. The molecule has 0 aromatic carbocycles. The number of hydrogen-bond donors (Lipinski definition) is 2. The van der Waals surface area contributed by atoms with Crippen LogP contribution in [-0.2, 0) is 16.6 Å². The summed E-state index contributed by atoms with van der Waals surface area (Å²) in [6.45, 7) is 5.75. The molecule has 7 heteroatoms. The Kier molecular flexibility index (Phi) is 4.74. The van der Waals surface area contributed by atoms with E-state index in [0.29, 0.717) is 19.8 Å². The van der Waals surface area contributed by atoms with Crippen LogP contribution in [0.1, 0.15) is 11.4 Å². The minimum absolute atomic E-state index is 0.00176. The molecule has 0 bridgehead atoms. The molecule has 2 N–H and O–H groups in total. The lowest BCUT2D eigenvalue weighted by Gasteiger charge is -2.33. The molecule has 7 nitrogen and oxygen atoms in total. The van der Waals surface area contributed by atoms with E-state index in [4.69, 9.17) is 4.74 Å². The van der Waals surface area contributed by atoms with E-state index >= 15 is 0 Å². The summed E-state index contributed by atoms with van der Waals surface area (Å²) in [5.41, 5.74) is 2.50. The lowest BCUT2D eigenvalue weighted by Crippen LogP contribution is -2.50. The summed E-state index contributed by atoms with van der Waals surface area (Å²) in [5.74, 6) is -0.0930. The Hall–Kier alpha value is -1.44. The van der Waals surface area contributed by atoms with Crippen LogP contribution in [0.15, 0.2) is 0 Å². The van der Waals surface area contributed by atoms with Gasteiger partial charge in [0.2, 0.25) is 5.91 Å². The average molecular weight is 282 g/mol. The van der Waals surface area contributed by atoms with Crippen LogP contribution in [0.25, 0.3) is 0 Å². The molecule has 1 amide bonds. The molecule has 0 aliphatic carbocycles. The maximum atomic E-state index is 12.1. The number of anilines is 1. The summed E-state index contributed by atoms with van der Waals surface area (Å²) >= 11 is 0. The number of morpholine rings is 1. The zero-order chi connectivity index (χ0) is 14.7. The Morgan fingerprint density at radius 3 is 2.90 bits per heavy atom. The lowest BCUT2D eigenvalue weighted by atomic mass is 10.2. The van der Waals surface area contributed by atoms with Gasteiger partial charge in [0.25, 0.3) is 0 Å². The summed E-state index contributed by atoms with van der Waals surface area (Å²) in [6, 6.07) is -0.106. The molecule has 1 aliphatic rings. The first kappa shape index (κ1) is 15.0. The fourth-order valence-electron chi connectivity index (χ4n) is 2.38. The van der Waals surface area contributed by atoms with Crippen molar-refractivity contribution in [2.75, 3.05) is 38.2 Å². The van der Waals surface area contributed by atoms with Crippen molar-refractivity contribution in [3.8, 4) is 0 Å². The van der Waals surface area contributed by atoms with E-state index in [1.807, 2.05) is 25.8 Å². The molecular formula is C13H22N4O3. The van der Waals surface area contributed by atoms with Gasteiger partial charge >= 0.3 is 0 Å². The van der Waals surface area contributed by atoms with Crippen LogP contribution in [0.4, 0.5) is 5.69 Å². The van der Waals surface area contributed by atoms with Crippen LogP contribution in [-0.4, -0.2) is 64.6 Å². The lowest BCUT2D eigenvalue weighted by molar-refractivity contribution is -0.120. The van der Waals surface area contributed by atoms with Crippen molar-refractivity contribution < 1.29 is 14.6 Å². The molecule has 0 radical (unpaired) electrons. The van der Waals surface area contributed by atoms with Crippen molar-refractivity contribution in [1.82, 2.24) is 14.7 Å². The SMILES string of the molecule is Cc1nn(C)c(C)c1NC(=O)CN1CCOCC1CO. The molecular weight excluding hydrogens is 260 g/mol. The highest BCUT2D eigenvalue weighted by molar-refractivity contribution is 5.93. The van der Waals surface area contributed by atoms with Crippen molar-refractivity contribution >= 4 is 11.6 Å². The zero-order valence-electron chi connectivity index (χ0n) is 12.2. The van der Waals surface area contributed by atoms with Gasteiger partial charge in [-0.15, -0.1) is 0 Å². The van der Waals surface area contributed by atoms with Crippen molar-refractivity contribution in [1.29, 1.82) is 0 Å². The van der Waals surface area contributed by atoms with Gasteiger partial charge in [0.05, 0.1) is 49.5 Å². The molecule has 1 unspecified atom stereocenters. The molecule has 1 aromatic heterocycles. The highest BCUT2D eigenvalue weighted by atomic mass is 16.5. The molecule has 112 valence electrons. The monoisotopic (exact) mass is 282 g/mol. The third-order valence-corrected chi connectivity index (χ3v) is 3.68. The fraction of sp³-hybridized carbons (Fsp3) is 0.692. The van der Waals surface area contributed by atoms with Crippen LogP contribution in [0.2, 0.25) is 0 Å². The second-order valence-electron chi connectivity index (χ2n) is 5.10. The third kappa shape index (κ3) is 3.17. The summed E-state index contributed by atoms with van der Waals surface area (Å²) in [5, 5.41) is 16.5. The van der Waals surface area contributed by atoms with Crippen molar-refractivity contribution in [2.45, 2.75) is 19.9 Å². The molecule has 1 aliphatic heterocycles. The van der Waals surface area contributed by atoms with E-state index in [2.05, 4.69) is 10.4 Å². The predicted octanol–water partition coefficient (Wildman–Crippen LogP) is -0.331. The van der Waals surface area contributed by atoms with Crippen molar-refractivity contribution in [3.63, 3.8) is 0 Å². The number of amides is 1. The number of nitrogens with zero attached hydrogens (tertiary/aromatic N) is 3. The number of ether oxygens (including phenoxy) is 1. The van der Waals surface area contributed by atoms with E-state index in [9.17, 15) is 9.90 Å². The van der Waals surface area contributed by atoms with Gasteiger partial charge < -0.3 is 15.2 Å². The van der Waals surface area contributed by atoms with E-state index < -0.39 is 0 Å². The number of aryl methyl sites for hydroxylation is 2.